The van der Waals surface area contributed by atoms with E-state index >= 15 is 0 Å². The second kappa shape index (κ2) is 5.27. The molecule has 2 nitrogen and oxygen atoms in total. The monoisotopic (exact) mass is 211 g/mol. The van der Waals surface area contributed by atoms with Gasteiger partial charge in [-0.1, -0.05) is 19.1 Å². The first-order valence-electron chi connectivity index (χ1n) is 4.74. The molecule has 0 aliphatic heterocycles. The Morgan fingerprint density at radius 3 is 2.86 bits per heavy atom. The Kier molecular flexibility index (Phi) is 4.29. The molecule has 1 unspecified atom stereocenters. The molecule has 0 saturated heterocycles. The van der Waals surface area contributed by atoms with Crippen molar-refractivity contribution in [1.82, 2.24) is 0 Å². The van der Waals surface area contributed by atoms with Crippen LogP contribution in [0.3, 0.4) is 0 Å². The van der Waals surface area contributed by atoms with Crippen molar-refractivity contribution in [3.8, 4) is 0 Å². The normalized spacial score (nSPS) is 12.8. The molecule has 1 aromatic rings. The topological polar surface area (TPSA) is 46.2 Å². The van der Waals surface area contributed by atoms with E-state index in [0.717, 1.165) is 21.9 Å². The maximum Gasteiger partial charge on any atom is 0.0481 e. The largest absolute Gasteiger partial charge is 0.398 e. The summed E-state index contributed by atoms with van der Waals surface area (Å²) in [7, 11) is 0. The van der Waals surface area contributed by atoms with Crippen molar-refractivity contribution in [3.05, 3.63) is 23.8 Å². The standard InChI is InChI=1S/C11H17NOS/c1-8(6-13)7-14-10-5-3-4-9(2)11(10)12/h3-5,8,13H,6-7,12H2,1-2H3. The molecule has 0 spiro atoms. The van der Waals surface area contributed by atoms with Gasteiger partial charge in [0, 0.05) is 22.9 Å². The minimum Gasteiger partial charge on any atom is -0.398 e. The maximum absolute atomic E-state index is 8.89. The molecule has 0 bridgehead atoms. The van der Waals surface area contributed by atoms with Crippen LogP contribution in [0.25, 0.3) is 0 Å². The summed E-state index contributed by atoms with van der Waals surface area (Å²) >= 11 is 1.71. The van der Waals surface area contributed by atoms with Gasteiger partial charge >= 0.3 is 0 Å². The van der Waals surface area contributed by atoms with Crippen LogP contribution < -0.4 is 5.73 Å². The van der Waals surface area contributed by atoms with Gasteiger partial charge in [0.1, 0.15) is 0 Å². The van der Waals surface area contributed by atoms with Gasteiger partial charge in [0.15, 0.2) is 0 Å². The molecule has 1 rings (SSSR count). The van der Waals surface area contributed by atoms with E-state index in [1.807, 2.05) is 32.0 Å². The number of rotatable bonds is 4. The lowest BCUT2D eigenvalue weighted by molar-refractivity contribution is 0.250. The summed E-state index contributed by atoms with van der Waals surface area (Å²) in [4.78, 5) is 1.12. The van der Waals surface area contributed by atoms with Crippen LogP contribution in [0.5, 0.6) is 0 Å². The number of nitrogens with two attached hydrogens (primary N) is 1. The van der Waals surface area contributed by atoms with Gasteiger partial charge in [-0.15, -0.1) is 11.8 Å². The first-order valence-corrected chi connectivity index (χ1v) is 5.72. The van der Waals surface area contributed by atoms with Crippen LogP contribution >= 0.6 is 11.8 Å². The third-order valence-electron chi connectivity index (χ3n) is 2.12. The van der Waals surface area contributed by atoms with Gasteiger partial charge in [-0.25, -0.2) is 0 Å². The lowest BCUT2D eigenvalue weighted by atomic mass is 10.2. The van der Waals surface area contributed by atoms with Crippen molar-refractivity contribution in [2.24, 2.45) is 5.92 Å². The number of para-hydroxylation sites is 1. The van der Waals surface area contributed by atoms with Crippen LogP contribution in [-0.4, -0.2) is 17.5 Å². The van der Waals surface area contributed by atoms with Gasteiger partial charge in [-0.2, -0.15) is 0 Å². The molecule has 0 aliphatic rings. The highest BCUT2D eigenvalue weighted by molar-refractivity contribution is 7.99. The van der Waals surface area contributed by atoms with Crippen LogP contribution in [0.2, 0.25) is 0 Å². The Balaban J connectivity index is 2.63. The number of benzene rings is 1. The molecule has 1 aromatic carbocycles. The molecule has 3 N–H and O–H groups in total. The van der Waals surface area contributed by atoms with Gasteiger partial charge < -0.3 is 10.8 Å². The molecule has 0 fully saturated rings. The number of anilines is 1. The highest BCUT2D eigenvalue weighted by atomic mass is 32.2. The minimum absolute atomic E-state index is 0.235. The average molecular weight is 211 g/mol. The van der Waals surface area contributed by atoms with Crippen molar-refractivity contribution in [1.29, 1.82) is 0 Å². The zero-order chi connectivity index (χ0) is 10.6. The molecule has 0 aromatic heterocycles. The molecule has 3 heteroatoms. The fraction of sp³-hybridized carbons (Fsp3) is 0.455. The van der Waals surface area contributed by atoms with Crippen LogP contribution in [-0.2, 0) is 0 Å². The van der Waals surface area contributed by atoms with Crippen LogP contribution in [0, 0.1) is 12.8 Å². The van der Waals surface area contributed by atoms with E-state index < -0.39 is 0 Å². The molecule has 78 valence electrons. The second-order valence-corrected chi connectivity index (χ2v) is 4.65. The first kappa shape index (κ1) is 11.4. The predicted octanol–water partition coefficient (Wildman–Crippen LogP) is 2.30. The quantitative estimate of drug-likeness (QED) is 0.593. The molecule has 0 saturated carbocycles. The molecule has 0 heterocycles. The fourth-order valence-electron chi connectivity index (χ4n) is 1.06. The number of aryl methyl sites for hydroxylation is 1. The molecular formula is C11H17NOS. The number of nitrogen functional groups attached to an aromatic ring is 1. The summed E-state index contributed by atoms with van der Waals surface area (Å²) in [6.07, 6.45) is 0. The highest BCUT2D eigenvalue weighted by Gasteiger charge is 2.05. The van der Waals surface area contributed by atoms with Gasteiger partial charge in [0.05, 0.1) is 0 Å². The van der Waals surface area contributed by atoms with Crippen molar-refractivity contribution < 1.29 is 5.11 Å². The number of hydrogen-bond acceptors (Lipinski definition) is 3. The Labute approximate surface area is 89.5 Å². The van der Waals surface area contributed by atoms with E-state index in [2.05, 4.69) is 0 Å². The van der Waals surface area contributed by atoms with Gasteiger partial charge in [0.25, 0.3) is 0 Å². The molecule has 0 amide bonds. The Morgan fingerprint density at radius 2 is 2.21 bits per heavy atom. The van der Waals surface area contributed by atoms with Gasteiger partial charge in [-0.05, 0) is 24.5 Å². The average Bonchev–Trinajstić information content (AvgIpc) is 2.20. The number of aliphatic hydroxyl groups is 1. The zero-order valence-corrected chi connectivity index (χ0v) is 9.47. The van der Waals surface area contributed by atoms with Gasteiger partial charge in [0.2, 0.25) is 0 Å². The summed E-state index contributed by atoms with van der Waals surface area (Å²) in [6.45, 7) is 4.27. The fourth-order valence-corrected chi connectivity index (χ4v) is 2.13. The Hall–Kier alpha value is -0.670. The van der Waals surface area contributed by atoms with Crippen LogP contribution in [0.1, 0.15) is 12.5 Å². The van der Waals surface area contributed by atoms with E-state index in [9.17, 15) is 0 Å². The molecule has 0 aliphatic carbocycles. The lowest BCUT2D eigenvalue weighted by Crippen LogP contribution is -2.03. The summed E-state index contributed by atoms with van der Waals surface area (Å²) in [5, 5.41) is 8.89. The van der Waals surface area contributed by atoms with Crippen molar-refractivity contribution >= 4 is 17.4 Å². The number of hydrogen-bond donors (Lipinski definition) is 2. The van der Waals surface area contributed by atoms with E-state index in [4.69, 9.17) is 10.8 Å². The van der Waals surface area contributed by atoms with E-state index in [1.165, 1.54) is 0 Å². The zero-order valence-electron chi connectivity index (χ0n) is 8.66. The maximum atomic E-state index is 8.89. The SMILES string of the molecule is Cc1cccc(SCC(C)CO)c1N. The van der Waals surface area contributed by atoms with Crippen molar-refractivity contribution in [3.63, 3.8) is 0 Å². The minimum atomic E-state index is 0.235. The first-order chi connectivity index (χ1) is 6.65. The lowest BCUT2D eigenvalue weighted by Gasteiger charge is -2.10. The number of aliphatic hydroxyl groups excluding tert-OH is 1. The predicted molar refractivity (Wildman–Crippen MR) is 62.6 cm³/mol. The molecule has 14 heavy (non-hydrogen) atoms. The number of thioether (sulfide) groups is 1. The van der Waals surface area contributed by atoms with E-state index in [1.54, 1.807) is 11.8 Å². The third-order valence-corrected chi connectivity index (χ3v) is 3.52. The summed E-state index contributed by atoms with van der Waals surface area (Å²) < 4.78 is 0. The van der Waals surface area contributed by atoms with E-state index in [-0.39, 0.29) is 6.61 Å². The smallest absolute Gasteiger partial charge is 0.0481 e. The summed E-state index contributed by atoms with van der Waals surface area (Å²) in [6, 6.07) is 6.05. The van der Waals surface area contributed by atoms with Gasteiger partial charge in [-0.3, -0.25) is 0 Å². The third kappa shape index (κ3) is 2.93. The van der Waals surface area contributed by atoms with Crippen molar-refractivity contribution in [2.75, 3.05) is 18.1 Å². The van der Waals surface area contributed by atoms with Crippen molar-refractivity contribution in [2.45, 2.75) is 18.7 Å². The molecule has 1 atom stereocenters. The molecule has 0 radical (unpaired) electrons. The highest BCUT2D eigenvalue weighted by Crippen LogP contribution is 2.28. The van der Waals surface area contributed by atoms with Crippen LogP contribution in [0.15, 0.2) is 23.1 Å². The van der Waals surface area contributed by atoms with Crippen LogP contribution in [0.4, 0.5) is 5.69 Å². The Bertz CT molecular complexity index is 301. The summed E-state index contributed by atoms with van der Waals surface area (Å²) in [5.41, 5.74) is 7.91. The summed E-state index contributed by atoms with van der Waals surface area (Å²) in [5.74, 6) is 1.23. The Morgan fingerprint density at radius 1 is 1.50 bits per heavy atom. The molecular weight excluding hydrogens is 194 g/mol. The second-order valence-electron chi connectivity index (χ2n) is 3.59. The van der Waals surface area contributed by atoms with E-state index in [0.29, 0.717) is 5.92 Å².